The normalized spacial score (nSPS) is 25.7. The van der Waals surface area contributed by atoms with Gasteiger partial charge in [0.25, 0.3) is 10.0 Å². The van der Waals surface area contributed by atoms with E-state index in [9.17, 15) is 13.2 Å². The minimum atomic E-state index is -3.91. The van der Waals surface area contributed by atoms with E-state index in [0.29, 0.717) is 5.02 Å². The van der Waals surface area contributed by atoms with Crippen LogP contribution in [0.15, 0.2) is 71.6 Å². The molecule has 38 heavy (non-hydrogen) atoms. The Bertz CT molecular complexity index is 1450. The van der Waals surface area contributed by atoms with E-state index in [-0.39, 0.29) is 21.6 Å². The summed E-state index contributed by atoms with van der Waals surface area (Å²) < 4.78 is 33.2. The van der Waals surface area contributed by atoms with Crippen molar-refractivity contribution in [2.24, 2.45) is 17.8 Å². The molecule has 0 amide bonds. The molecule has 2 N–H and O–H groups in total. The molecule has 7 rings (SSSR count). The van der Waals surface area contributed by atoms with Crippen LogP contribution in [0.2, 0.25) is 5.02 Å². The van der Waals surface area contributed by atoms with Gasteiger partial charge >= 0.3 is 5.97 Å². The van der Waals surface area contributed by atoms with Gasteiger partial charge in [0.1, 0.15) is 0 Å². The van der Waals surface area contributed by atoms with E-state index in [1.807, 2.05) is 6.07 Å². The molecule has 4 aliphatic rings. The fourth-order valence-electron chi connectivity index (χ4n) is 7.35. The van der Waals surface area contributed by atoms with Gasteiger partial charge in [0.05, 0.1) is 34.0 Å². The minimum Gasteiger partial charge on any atom is -0.465 e. The molecule has 0 atom stereocenters. The quantitative estimate of drug-likeness (QED) is 0.305. The van der Waals surface area contributed by atoms with Gasteiger partial charge in [-0.2, -0.15) is 0 Å². The third-order valence-corrected chi connectivity index (χ3v) is 10.3. The Labute approximate surface area is 228 Å². The lowest BCUT2D eigenvalue weighted by molar-refractivity contribution is -0.00518. The number of sulfonamides is 1. The second kappa shape index (κ2) is 9.62. The number of para-hydroxylation sites is 1. The van der Waals surface area contributed by atoms with Crippen LogP contribution in [0, 0.1) is 17.8 Å². The number of nitrogens with one attached hydrogen (secondary N) is 2. The van der Waals surface area contributed by atoms with Crippen LogP contribution in [-0.4, -0.2) is 21.5 Å². The molecule has 4 fully saturated rings. The lowest BCUT2D eigenvalue weighted by Gasteiger charge is -2.57. The second-order valence-corrected chi connectivity index (χ2v) is 13.3. The van der Waals surface area contributed by atoms with E-state index in [1.54, 1.807) is 24.3 Å². The van der Waals surface area contributed by atoms with Gasteiger partial charge in [0.2, 0.25) is 0 Å². The summed E-state index contributed by atoms with van der Waals surface area (Å²) in [7, 11) is -2.66. The van der Waals surface area contributed by atoms with Crippen LogP contribution in [0.3, 0.4) is 0 Å². The van der Waals surface area contributed by atoms with Crippen LogP contribution in [0.1, 0.15) is 54.4 Å². The Morgan fingerprint density at radius 2 is 1.53 bits per heavy atom. The Morgan fingerprint density at radius 3 is 2.13 bits per heavy atom. The Hall–Kier alpha value is -3.03. The minimum absolute atomic E-state index is 0.0750. The van der Waals surface area contributed by atoms with Crippen molar-refractivity contribution < 1.29 is 17.9 Å². The smallest absolute Gasteiger partial charge is 0.339 e. The fraction of sp³-hybridized carbons (Fsp3) is 0.367. The number of anilines is 3. The first-order chi connectivity index (χ1) is 18.2. The van der Waals surface area contributed by atoms with Crippen molar-refractivity contribution in [2.75, 3.05) is 17.1 Å². The molecule has 4 bridgehead atoms. The summed E-state index contributed by atoms with van der Waals surface area (Å²) in [6, 6.07) is 19.2. The van der Waals surface area contributed by atoms with E-state index in [1.165, 1.54) is 75.5 Å². The highest BCUT2D eigenvalue weighted by atomic mass is 35.5. The third kappa shape index (κ3) is 4.67. The first-order valence-corrected chi connectivity index (χ1v) is 15.0. The molecular weight excluding hydrogens is 520 g/mol. The molecule has 3 aromatic carbocycles. The van der Waals surface area contributed by atoms with Gasteiger partial charge in [-0.3, -0.25) is 4.72 Å². The van der Waals surface area contributed by atoms with Gasteiger partial charge in [0.15, 0.2) is 0 Å². The maximum absolute atomic E-state index is 13.0. The molecule has 3 aromatic rings. The van der Waals surface area contributed by atoms with E-state index in [4.69, 9.17) is 16.3 Å². The molecule has 0 radical (unpaired) electrons. The van der Waals surface area contributed by atoms with Crippen molar-refractivity contribution in [1.82, 2.24) is 0 Å². The number of hydrogen-bond acceptors (Lipinski definition) is 5. The molecule has 4 saturated carbocycles. The molecule has 0 saturated heterocycles. The zero-order valence-electron chi connectivity index (χ0n) is 21.2. The van der Waals surface area contributed by atoms with Crippen molar-refractivity contribution in [3.63, 3.8) is 0 Å². The van der Waals surface area contributed by atoms with Gasteiger partial charge in [-0.05, 0) is 116 Å². The van der Waals surface area contributed by atoms with Gasteiger partial charge in [-0.15, -0.1) is 0 Å². The molecule has 0 heterocycles. The second-order valence-electron chi connectivity index (χ2n) is 11.2. The Kier molecular flexibility index (Phi) is 6.39. The number of halogens is 1. The lowest BCUT2D eigenvalue weighted by Crippen LogP contribution is -2.48. The monoisotopic (exact) mass is 550 g/mol. The summed E-state index contributed by atoms with van der Waals surface area (Å²) in [5.74, 6) is 2.00. The van der Waals surface area contributed by atoms with Crippen LogP contribution in [0.4, 0.5) is 17.1 Å². The highest BCUT2D eigenvalue weighted by Gasteiger charge is 2.51. The van der Waals surface area contributed by atoms with Crippen molar-refractivity contribution in [1.29, 1.82) is 0 Å². The average Bonchev–Trinajstić information content (AvgIpc) is 2.89. The number of rotatable bonds is 7. The van der Waals surface area contributed by atoms with Crippen LogP contribution >= 0.6 is 11.6 Å². The summed E-state index contributed by atoms with van der Waals surface area (Å²) in [4.78, 5) is 12.1. The number of methoxy groups -OCH3 is 1. The Balaban J connectivity index is 1.17. The van der Waals surface area contributed by atoms with Crippen molar-refractivity contribution in [3.8, 4) is 0 Å². The van der Waals surface area contributed by atoms with Crippen molar-refractivity contribution >= 4 is 44.7 Å². The number of hydrogen-bond donors (Lipinski definition) is 2. The van der Waals surface area contributed by atoms with Crippen molar-refractivity contribution in [3.05, 3.63) is 82.9 Å². The predicted molar refractivity (Wildman–Crippen MR) is 150 cm³/mol. The van der Waals surface area contributed by atoms with E-state index in [2.05, 4.69) is 22.2 Å². The maximum Gasteiger partial charge on any atom is 0.339 e. The fourth-order valence-corrected chi connectivity index (χ4v) is 8.65. The number of carbonyl (C=O) groups is 1. The molecule has 6 nitrogen and oxygen atoms in total. The van der Waals surface area contributed by atoms with Crippen LogP contribution in [0.25, 0.3) is 0 Å². The van der Waals surface area contributed by atoms with E-state index >= 15 is 0 Å². The summed E-state index contributed by atoms with van der Waals surface area (Å²) in [6.07, 6.45) is 8.09. The average molecular weight is 551 g/mol. The van der Waals surface area contributed by atoms with E-state index in [0.717, 1.165) is 29.1 Å². The molecule has 0 unspecified atom stereocenters. The summed E-state index contributed by atoms with van der Waals surface area (Å²) in [5.41, 5.74) is 3.47. The molecule has 0 spiro atoms. The lowest BCUT2D eigenvalue weighted by atomic mass is 9.48. The highest BCUT2D eigenvalue weighted by Crippen LogP contribution is 2.61. The van der Waals surface area contributed by atoms with Crippen molar-refractivity contribution in [2.45, 2.75) is 48.8 Å². The topological polar surface area (TPSA) is 84.5 Å². The van der Waals surface area contributed by atoms with Gasteiger partial charge < -0.3 is 10.1 Å². The number of ether oxygens (including phenoxy) is 1. The number of esters is 1. The predicted octanol–water partition coefficient (Wildman–Crippen LogP) is 7.14. The number of carbonyl (C=O) groups excluding carboxylic acids is 1. The van der Waals surface area contributed by atoms with Gasteiger partial charge in [0, 0.05) is 5.69 Å². The number of benzene rings is 3. The molecule has 198 valence electrons. The van der Waals surface area contributed by atoms with Crippen LogP contribution < -0.4 is 10.0 Å². The molecule has 0 aliphatic heterocycles. The zero-order chi connectivity index (χ0) is 26.5. The Morgan fingerprint density at radius 1 is 0.895 bits per heavy atom. The third-order valence-electron chi connectivity index (χ3n) is 8.64. The van der Waals surface area contributed by atoms with E-state index < -0.39 is 16.0 Å². The first kappa shape index (κ1) is 25.3. The summed E-state index contributed by atoms with van der Waals surface area (Å²) >= 11 is 6.76. The molecule has 4 aliphatic carbocycles. The van der Waals surface area contributed by atoms with Gasteiger partial charge in [-0.25, -0.2) is 13.2 Å². The summed E-state index contributed by atoms with van der Waals surface area (Å²) in [6.45, 7) is 0. The SMILES string of the molecule is COC(=O)c1ccccc1NS(=O)(=O)c1ccc(Nc2ccc(C34CC5CC(CC(C5)C3)C4)cc2Cl)cc1. The molecular formula is C30H31ClN2O4S. The molecule has 8 heteroatoms. The highest BCUT2D eigenvalue weighted by molar-refractivity contribution is 7.92. The van der Waals surface area contributed by atoms with Crippen LogP contribution in [0.5, 0.6) is 0 Å². The molecule has 0 aromatic heterocycles. The van der Waals surface area contributed by atoms with Crippen LogP contribution in [-0.2, 0) is 20.2 Å². The standard InChI is InChI=1S/C30H31ClN2O4S/c1-37-29(34)25-4-2-3-5-27(25)33-38(35,36)24-9-7-23(8-10-24)32-28-11-6-22(15-26(28)31)30-16-19-12-20(17-30)14-21(13-19)18-30/h2-11,15,19-21,32-33H,12-14,16-18H2,1H3. The maximum atomic E-state index is 13.0. The summed E-state index contributed by atoms with van der Waals surface area (Å²) in [5, 5.41) is 4.00. The van der Waals surface area contributed by atoms with Gasteiger partial charge in [-0.1, -0.05) is 29.8 Å². The first-order valence-electron chi connectivity index (χ1n) is 13.1. The zero-order valence-corrected chi connectivity index (χ0v) is 22.8. The largest absolute Gasteiger partial charge is 0.465 e.